The minimum Gasteiger partial charge on any atom is -0.496 e. The molecule has 0 N–H and O–H groups in total. The molecule has 0 saturated carbocycles. The van der Waals surface area contributed by atoms with Crippen molar-refractivity contribution in [2.45, 2.75) is 13.3 Å². The zero-order valence-corrected chi connectivity index (χ0v) is 8.86. The van der Waals surface area contributed by atoms with Gasteiger partial charge in [0.05, 0.1) is 11.6 Å². The van der Waals surface area contributed by atoms with Gasteiger partial charge in [-0.2, -0.15) is 0 Å². The normalized spacial score (nSPS) is 10.6. The largest absolute Gasteiger partial charge is 0.496 e. The molecule has 0 aromatic heterocycles. The highest BCUT2D eigenvalue weighted by molar-refractivity contribution is 9.10. The number of hydrogen-bond acceptors (Lipinski definition) is 1. The Hall–Kier alpha value is -0.640. The minimum atomic E-state index is -2.44. The van der Waals surface area contributed by atoms with Gasteiger partial charge >= 0.3 is 0 Å². The highest BCUT2D eigenvalue weighted by Crippen LogP contribution is 2.32. The standard InChI is InChI=1S/C9H9BrF2O/c1-5-3-8(13-2)7(10)4-6(5)9(11)12/h3-4,9H,1-2H3. The summed E-state index contributed by atoms with van der Waals surface area (Å²) in [5.41, 5.74) is 0.572. The second-order valence-corrected chi connectivity index (χ2v) is 3.50. The van der Waals surface area contributed by atoms with E-state index in [1.54, 1.807) is 13.0 Å². The van der Waals surface area contributed by atoms with E-state index in [1.807, 2.05) is 0 Å². The Labute approximate surface area is 83.8 Å². The van der Waals surface area contributed by atoms with Crippen LogP contribution in [-0.2, 0) is 0 Å². The van der Waals surface area contributed by atoms with Crippen LogP contribution in [0.15, 0.2) is 16.6 Å². The van der Waals surface area contributed by atoms with Gasteiger partial charge in [-0.15, -0.1) is 0 Å². The first kappa shape index (κ1) is 10.4. The maximum atomic E-state index is 12.4. The van der Waals surface area contributed by atoms with Crippen molar-refractivity contribution in [1.29, 1.82) is 0 Å². The van der Waals surface area contributed by atoms with Crippen molar-refractivity contribution >= 4 is 15.9 Å². The summed E-state index contributed by atoms with van der Waals surface area (Å²) in [7, 11) is 1.50. The van der Waals surface area contributed by atoms with Crippen LogP contribution in [-0.4, -0.2) is 7.11 Å². The highest BCUT2D eigenvalue weighted by Gasteiger charge is 2.13. The SMILES string of the molecule is COc1cc(C)c(C(F)F)cc1Br. The Morgan fingerprint density at radius 3 is 2.46 bits per heavy atom. The number of benzene rings is 1. The Morgan fingerprint density at radius 2 is 2.00 bits per heavy atom. The molecule has 72 valence electrons. The van der Waals surface area contributed by atoms with Crippen LogP contribution in [0.1, 0.15) is 17.6 Å². The molecule has 0 heterocycles. The van der Waals surface area contributed by atoms with E-state index >= 15 is 0 Å². The molecule has 1 aromatic carbocycles. The number of aryl methyl sites for hydroxylation is 1. The van der Waals surface area contributed by atoms with Gasteiger partial charge in [0.1, 0.15) is 5.75 Å². The first-order chi connectivity index (χ1) is 6.06. The molecule has 0 spiro atoms. The van der Waals surface area contributed by atoms with E-state index in [0.29, 0.717) is 15.8 Å². The predicted octanol–water partition coefficient (Wildman–Crippen LogP) is 3.70. The van der Waals surface area contributed by atoms with Crippen molar-refractivity contribution in [3.63, 3.8) is 0 Å². The van der Waals surface area contributed by atoms with Gasteiger partial charge in [-0.1, -0.05) is 0 Å². The molecule has 0 aliphatic rings. The second kappa shape index (κ2) is 4.05. The molecule has 0 fully saturated rings. The van der Waals surface area contributed by atoms with E-state index in [1.165, 1.54) is 13.2 Å². The Morgan fingerprint density at radius 1 is 1.38 bits per heavy atom. The molecule has 0 saturated heterocycles. The topological polar surface area (TPSA) is 9.23 Å². The number of ether oxygens (including phenoxy) is 1. The first-order valence-electron chi connectivity index (χ1n) is 3.68. The van der Waals surface area contributed by atoms with Crippen molar-refractivity contribution in [1.82, 2.24) is 0 Å². The van der Waals surface area contributed by atoms with Crippen molar-refractivity contribution in [2.75, 3.05) is 7.11 Å². The summed E-state index contributed by atoms with van der Waals surface area (Å²) in [6, 6.07) is 2.98. The lowest BCUT2D eigenvalue weighted by Crippen LogP contribution is -1.92. The Balaban J connectivity index is 3.20. The summed E-state index contributed by atoms with van der Waals surface area (Å²) in [6.07, 6.45) is -2.44. The third-order valence-electron chi connectivity index (χ3n) is 1.78. The fourth-order valence-electron chi connectivity index (χ4n) is 1.06. The summed E-state index contributed by atoms with van der Waals surface area (Å²) in [5.74, 6) is 0.571. The van der Waals surface area contributed by atoms with Crippen LogP contribution < -0.4 is 4.74 Å². The quantitative estimate of drug-likeness (QED) is 0.778. The molecule has 1 rings (SSSR count). The van der Waals surface area contributed by atoms with Gasteiger partial charge in [0.15, 0.2) is 0 Å². The number of methoxy groups -OCH3 is 1. The van der Waals surface area contributed by atoms with E-state index in [9.17, 15) is 8.78 Å². The molecule has 13 heavy (non-hydrogen) atoms. The summed E-state index contributed by atoms with van der Waals surface area (Å²) < 4.78 is 30.3. The first-order valence-corrected chi connectivity index (χ1v) is 4.47. The maximum absolute atomic E-state index is 12.4. The average molecular weight is 251 g/mol. The number of halogens is 3. The van der Waals surface area contributed by atoms with Crippen LogP contribution >= 0.6 is 15.9 Å². The van der Waals surface area contributed by atoms with Crippen LogP contribution in [0.3, 0.4) is 0 Å². The minimum absolute atomic E-state index is 0.0349. The molecule has 1 aromatic rings. The molecule has 0 aliphatic carbocycles. The summed E-state index contributed by atoms with van der Waals surface area (Å²) in [5, 5.41) is 0. The molecule has 0 unspecified atom stereocenters. The molecule has 0 radical (unpaired) electrons. The van der Waals surface area contributed by atoms with Crippen molar-refractivity contribution < 1.29 is 13.5 Å². The number of rotatable bonds is 2. The molecular weight excluding hydrogens is 242 g/mol. The molecule has 0 amide bonds. The number of alkyl halides is 2. The third-order valence-corrected chi connectivity index (χ3v) is 2.40. The average Bonchev–Trinajstić information content (AvgIpc) is 2.07. The highest BCUT2D eigenvalue weighted by atomic mass is 79.9. The van der Waals surface area contributed by atoms with Gasteiger partial charge in [0.25, 0.3) is 6.43 Å². The van der Waals surface area contributed by atoms with Gasteiger partial charge in [-0.05, 0) is 40.5 Å². The lowest BCUT2D eigenvalue weighted by molar-refractivity contribution is 0.150. The lowest BCUT2D eigenvalue weighted by Gasteiger charge is -2.09. The summed E-state index contributed by atoms with van der Waals surface area (Å²) >= 11 is 3.15. The van der Waals surface area contributed by atoms with Gasteiger partial charge in [-0.3, -0.25) is 0 Å². The van der Waals surface area contributed by atoms with Crippen molar-refractivity contribution in [3.05, 3.63) is 27.7 Å². The third kappa shape index (κ3) is 2.18. The Kier molecular flexibility index (Phi) is 3.25. The van der Waals surface area contributed by atoms with Crippen molar-refractivity contribution in [3.8, 4) is 5.75 Å². The van der Waals surface area contributed by atoms with Crippen LogP contribution in [0, 0.1) is 6.92 Å². The summed E-state index contributed by atoms with van der Waals surface area (Å²) in [6.45, 7) is 1.64. The zero-order valence-electron chi connectivity index (χ0n) is 7.27. The maximum Gasteiger partial charge on any atom is 0.264 e. The van der Waals surface area contributed by atoms with Gasteiger partial charge < -0.3 is 4.74 Å². The predicted molar refractivity (Wildman–Crippen MR) is 50.4 cm³/mol. The lowest BCUT2D eigenvalue weighted by atomic mass is 10.1. The fourth-order valence-corrected chi connectivity index (χ4v) is 1.58. The molecule has 0 atom stereocenters. The Bertz CT molecular complexity index is 313. The second-order valence-electron chi connectivity index (χ2n) is 2.64. The van der Waals surface area contributed by atoms with Gasteiger partial charge in [-0.25, -0.2) is 8.78 Å². The van der Waals surface area contributed by atoms with E-state index in [0.717, 1.165) is 0 Å². The van der Waals surface area contributed by atoms with Crippen molar-refractivity contribution in [2.24, 2.45) is 0 Å². The van der Waals surface area contributed by atoms with Crippen LogP contribution in [0.5, 0.6) is 5.75 Å². The molecule has 4 heteroatoms. The molecular formula is C9H9BrF2O. The van der Waals surface area contributed by atoms with Crippen LogP contribution in [0.2, 0.25) is 0 Å². The van der Waals surface area contributed by atoms with Gasteiger partial charge in [0.2, 0.25) is 0 Å². The van der Waals surface area contributed by atoms with Gasteiger partial charge in [0, 0.05) is 5.56 Å². The van der Waals surface area contributed by atoms with Crippen LogP contribution in [0.4, 0.5) is 8.78 Å². The number of hydrogen-bond donors (Lipinski definition) is 0. The monoisotopic (exact) mass is 250 g/mol. The zero-order chi connectivity index (χ0) is 10.0. The smallest absolute Gasteiger partial charge is 0.264 e. The molecule has 0 aliphatic heterocycles. The molecule has 1 nitrogen and oxygen atoms in total. The van der Waals surface area contributed by atoms with Crippen LogP contribution in [0.25, 0.3) is 0 Å². The molecule has 0 bridgehead atoms. The van der Waals surface area contributed by atoms with E-state index < -0.39 is 6.43 Å². The fraction of sp³-hybridized carbons (Fsp3) is 0.333. The summed E-state index contributed by atoms with van der Waals surface area (Å²) in [4.78, 5) is 0. The van der Waals surface area contributed by atoms with E-state index in [2.05, 4.69) is 15.9 Å². The van der Waals surface area contributed by atoms with E-state index in [-0.39, 0.29) is 5.56 Å². The van der Waals surface area contributed by atoms with E-state index in [4.69, 9.17) is 4.74 Å².